The molecule has 2 rings (SSSR count). The molecule has 0 amide bonds. The number of hydrogen-bond acceptors (Lipinski definition) is 3. The molecular weight excluding hydrogens is 331 g/mol. The van der Waals surface area contributed by atoms with E-state index >= 15 is 0 Å². The number of halogens is 2. The van der Waals surface area contributed by atoms with Gasteiger partial charge >= 0.3 is 0 Å². The van der Waals surface area contributed by atoms with Gasteiger partial charge in [0.1, 0.15) is 0 Å². The fraction of sp³-hybridized carbons (Fsp3) is 0.143. The smallest absolute Gasteiger partial charge is 0.261 e. The normalized spacial score (nSPS) is 11.2. The van der Waals surface area contributed by atoms with Crippen LogP contribution < -0.4 is 9.62 Å². The first-order valence-electron chi connectivity index (χ1n) is 6.05. The van der Waals surface area contributed by atoms with Crippen LogP contribution in [0, 0.1) is 0 Å². The molecule has 0 aliphatic heterocycles. The molecule has 21 heavy (non-hydrogen) atoms. The van der Waals surface area contributed by atoms with Crippen LogP contribution in [0.25, 0.3) is 0 Å². The number of rotatable bonds is 4. The lowest BCUT2D eigenvalue weighted by Crippen LogP contribution is -2.13. The minimum atomic E-state index is -3.69. The average molecular weight is 345 g/mol. The summed E-state index contributed by atoms with van der Waals surface area (Å²) in [5.41, 5.74) is 1.46. The van der Waals surface area contributed by atoms with Crippen LogP contribution in [-0.2, 0) is 10.0 Å². The summed E-state index contributed by atoms with van der Waals surface area (Å²) in [6, 6.07) is 11.2. The fourth-order valence-electron chi connectivity index (χ4n) is 1.69. The lowest BCUT2D eigenvalue weighted by Gasteiger charge is -2.13. The van der Waals surface area contributed by atoms with Crippen molar-refractivity contribution in [2.45, 2.75) is 4.90 Å². The molecule has 0 heterocycles. The molecule has 0 saturated carbocycles. The Morgan fingerprint density at radius 3 is 2.10 bits per heavy atom. The summed E-state index contributed by atoms with van der Waals surface area (Å²) in [4.78, 5) is 1.99. The van der Waals surface area contributed by atoms with Gasteiger partial charge in [-0.25, -0.2) is 8.42 Å². The minimum Gasteiger partial charge on any atom is -0.378 e. The highest BCUT2D eigenvalue weighted by molar-refractivity contribution is 7.92. The predicted octanol–water partition coefficient (Wildman–Crippen LogP) is 3.86. The first-order chi connectivity index (χ1) is 9.79. The highest BCUT2D eigenvalue weighted by atomic mass is 35.5. The van der Waals surface area contributed by atoms with Crippen LogP contribution >= 0.6 is 23.2 Å². The Hall–Kier alpha value is -1.43. The van der Waals surface area contributed by atoms with Gasteiger partial charge < -0.3 is 4.90 Å². The maximum Gasteiger partial charge on any atom is 0.261 e. The van der Waals surface area contributed by atoms with Crippen molar-refractivity contribution < 1.29 is 8.42 Å². The highest BCUT2D eigenvalue weighted by Crippen LogP contribution is 2.26. The van der Waals surface area contributed by atoms with E-state index in [2.05, 4.69) is 4.72 Å². The maximum absolute atomic E-state index is 12.3. The Morgan fingerprint density at radius 2 is 1.57 bits per heavy atom. The summed E-state index contributed by atoms with van der Waals surface area (Å²) in [5, 5.41) is 0.508. The highest BCUT2D eigenvalue weighted by Gasteiger charge is 2.15. The molecule has 0 atom stereocenters. The van der Waals surface area contributed by atoms with Gasteiger partial charge in [0.2, 0.25) is 0 Å². The second-order valence-electron chi connectivity index (χ2n) is 4.62. The van der Waals surface area contributed by atoms with Gasteiger partial charge in [0.05, 0.1) is 14.9 Å². The quantitative estimate of drug-likeness (QED) is 0.915. The van der Waals surface area contributed by atoms with E-state index in [-0.39, 0.29) is 9.92 Å². The Morgan fingerprint density at radius 1 is 0.952 bits per heavy atom. The molecular formula is C14H14Cl2N2O2S. The zero-order chi connectivity index (χ0) is 15.6. The van der Waals surface area contributed by atoms with Gasteiger partial charge in [0.25, 0.3) is 10.0 Å². The number of sulfonamides is 1. The van der Waals surface area contributed by atoms with Crippen molar-refractivity contribution >= 4 is 44.6 Å². The predicted molar refractivity (Wildman–Crippen MR) is 88.0 cm³/mol. The molecule has 0 unspecified atom stereocenters. The van der Waals surface area contributed by atoms with Gasteiger partial charge in [0, 0.05) is 25.5 Å². The molecule has 4 nitrogen and oxygen atoms in total. The summed E-state index contributed by atoms with van der Waals surface area (Å²) in [6.07, 6.45) is 0. The van der Waals surface area contributed by atoms with Crippen LogP contribution in [0.1, 0.15) is 0 Å². The first-order valence-corrected chi connectivity index (χ1v) is 8.29. The minimum absolute atomic E-state index is 0.0635. The van der Waals surface area contributed by atoms with Crippen LogP contribution in [0.5, 0.6) is 0 Å². The van der Waals surface area contributed by atoms with Gasteiger partial charge in [0.15, 0.2) is 0 Å². The molecule has 7 heteroatoms. The average Bonchev–Trinajstić information content (AvgIpc) is 2.42. The van der Waals surface area contributed by atoms with Crippen LogP contribution in [0.4, 0.5) is 11.4 Å². The van der Waals surface area contributed by atoms with Gasteiger partial charge in [-0.15, -0.1) is 0 Å². The molecule has 0 spiro atoms. The zero-order valence-electron chi connectivity index (χ0n) is 11.5. The Kier molecular flexibility index (Phi) is 4.66. The molecule has 0 aliphatic rings. The van der Waals surface area contributed by atoms with E-state index < -0.39 is 10.0 Å². The van der Waals surface area contributed by atoms with Crippen LogP contribution in [0.2, 0.25) is 10.0 Å². The molecule has 1 N–H and O–H groups in total. The molecule has 0 saturated heterocycles. The molecule has 0 aromatic heterocycles. The monoisotopic (exact) mass is 344 g/mol. The lowest BCUT2D eigenvalue weighted by molar-refractivity contribution is 0.601. The van der Waals surface area contributed by atoms with Gasteiger partial charge in [-0.1, -0.05) is 23.2 Å². The van der Waals surface area contributed by atoms with E-state index in [0.29, 0.717) is 10.7 Å². The van der Waals surface area contributed by atoms with Gasteiger partial charge in [-0.3, -0.25) is 4.72 Å². The molecule has 0 aliphatic carbocycles. The molecule has 0 radical (unpaired) electrons. The molecule has 2 aromatic carbocycles. The Balaban J connectivity index is 2.26. The summed E-state index contributed by atoms with van der Waals surface area (Å²) in [7, 11) is 0.131. The zero-order valence-corrected chi connectivity index (χ0v) is 13.8. The van der Waals surface area contributed by atoms with Crippen molar-refractivity contribution in [1.29, 1.82) is 0 Å². The second-order valence-corrected chi connectivity index (χ2v) is 7.12. The standard InChI is InChI=1S/C14H14Cl2N2O2S/c1-18(2)11-5-3-10(4-6-11)17-21(19,20)12-7-8-13(15)14(16)9-12/h3-9,17H,1-2H3. The van der Waals surface area contributed by atoms with Gasteiger partial charge in [-0.05, 0) is 42.5 Å². The summed E-state index contributed by atoms with van der Waals surface area (Å²) in [5.74, 6) is 0. The van der Waals surface area contributed by atoms with Crippen molar-refractivity contribution in [3.8, 4) is 0 Å². The Bertz CT molecular complexity index is 744. The largest absolute Gasteiger partial charge is 0.378 e. The van der Waals surface area contributed by atoms with Crippen molar-refractivity contribution in [2.75, 3.05) is 23.7 Å². The van der Waals surface area contributed by atoms with E-state index in [1.165, 1.54) is 18.2 Å². The van der Waals surface area contributed by atoms with E-state index in [1.54, 1.807) is 12.1 Å². The fourth-order valence-corrected chi connectivity index (χ4v) is 3.13. The van der Waals surface area contributed by atoms with E-state index in [9.17, 15) is 8.42 Å². The van der Waals surface area contributed by atoms with Crippen molar-refractivity contribution in [3.63, 3.8) is 0 Å². The second kappa shape index (κ2) is 6.13. The maximum atomic E-state index is 12.3. The topological polar surface area (TPSA) is 49.4 Å². The number of hydrogen-bond donors (Lipinski definition) is 1. The Labute approximate surface area is 134 Å². The number of nitrogens with zero attached hydrogens (tertiary/aromatic N) is 1. The third kappa shape index (κ3) is 3.81. The lowest BCUT2D eigenvalue weighted by atomic mass is 10.3. The first kappa shape index (κ1) is 15.9. The van der Waals surface area contributed by atoms with Crippen molar-refractivity contribution in [2.24, 2.45) is 0 Å². The molecule has 2 aromatic rings. The summed E-state index contributed by atoms with van der Waals surface area (Å²) < 4.78 is 27.0. The third-order valence-electron chi connectivity index (χ3n) is 2.84. The van der Waals surface area contributed by atoms with Crippen LogP contribution in [0.3, 0.4) is 0 Å². The number of benzene rings is 2. The molecule has 0 bridgehead atoms. The summed E-state index contributed by atoms with van der Waals surface area (Å²) >= 11 is 11.6. The van der Waals surface area contributed by atoms with Gasteiger partial charge in [-0.2, -0.15) is 0 Å². The van der Waals surface area contributed by atoms with Crippen molar-refractivity contribution in [3.05, 3.63) is 52.5 Å². The number of anilines is 2. The van der Waals surface area contributed by atoms with E-state index in [4.69, 9.17) is 23.2 Å². The van der Waals surface area contributed by atoms with Crippen molar-refractivity contribution in [1.82, 2.24) is 0 Å². The molecule has 0 fully saturated rings. The number of nitrogens with one attached hydrogen (secondary N) is 1. The summed E-state index contributed by atoms with van der Waals surface area (Å²) in [6.45, 7) is 0. The van der Waals surface area contributed by atoms with Crippen LogP contribution in [0.15, 0.2) is 47.4 Å². The van der Waals surface area contributed by atoms with Crippen LogP contribution in [-0.4, -0.2) is 22.5 Å². The van der Waals surface area contributed by atoms with E-state index in [0.717, 1.165) is 5.69 Å². The molecule has 112 valence electrons. The van der Waals surface area contributed by atoms with E-state index in [1.807, 2.05) is 31.1 Å². The third-order valence-corrected chi connectivity index (χ3v) is 4.96. The SMILES string of the molecule is CN(C)c1ccc(NS(=O)(=O)c2ccc(Cl)c(Cl)c2)cc1.